The Balaban J connectivity index is 0.000000515. The quantitative estimate of drug-likeness (QED) is 0.590. The van der Waals surface area contributed by atoms with Crippen LogP contribution >= 0.6 is 0 Å². The molecule has 0 bridgehead atoms. The summed E-state index contributed by atoms with van der Waals surface area (Å²) in [4.78, 5) is 33.3. The third-order valence-corrected chi connectivity index (χ3v) is 2.88. The van der Waals surface area contributed by atoms with Gasteiger partial charge >= 0.3 is 11.9 Å². The summed E-state index contributed by atoms with van der Waals surface area (Å²) in [5, 5.41) is 15.6. The molecule has 0 saturated carbocycles. The fourth-order valence-electron chi connectivity index (χ4n) is 1.82. The number of rotatable bonds is 7. The van der Waals surface area contributed by atoms with Crippen LogP contribution in [0.3, 0.4) is 0 Å². The Morgan fingerprint density at radius 2 is 1.52 bits per heavy atom. The van der Waals surface area contributed by atoms with Gasteiger partial charge in [0.2, 0.25) is 0 Å². The molecule has 1 aromatic carbocycles. The second kappa shape index (κ2) is 11.1. The van der Waals surface area contributed by atoms with Gasteiger partial charge in [0, 0.05) is 30.2 Å². The molecule has 1 unspecified atom stereocenters. The lowest BCUT2D eigenvalue weighted by Crippen LogP contribution is -2.27. The Bertz CT molecular complexity index is 521. The molecular weight excluding hydrogens is 298 g/mol. The monoisotopic (exact) mass is 321 g/mol. The maximum Gasteiger partial charge on any atom is 0.328 e. The highest BCUT2D eigenvalue weighted by atomic mass is 16.4. The minimum absolute atomic E-state index is 0.113. The van der Waals surface area contributed by atoms with Crippen LogP contribution in [0, 0.1) is 5.92 Å². The zero-order valence-electron chi connectivity index (χ0n) is 13.6. The molecule has 0 aliphatic rings. The molecule has 0 aromatic heterocycles. The number of carboxylic acid groups (broad SMARTS) is 2. The molecule has 126 valence electrons. The Labute approximate surface area is 136 Å². The number of carbonyl (C=O) groups excluding carboxylic acids is 1. The van der Waals surface area contributed by atoms with Crippen molar-refractivity contribution in [2.75, 3.05) is 20.6 Å². The van der Waals surface area contributed by atoms with Gasteiger partial charge in [0.05, 0.1) is 0 Å². The molecule has 0 heterocycles. The largest absolute Gasteiger partial charge is 0.478 e. The second-order valence-electron chi connectivity index (χ2n) is 5.11. The first-order valence-corrected chi connectivity index (χ1v) is 7.15. The van der Waals surface area contributed by atoms with E-state index in [2.05, 4.69) is 11.8 Å². The van der Waals surface area contributed by atoms with E-state index in [1.165, 1.54) is 0 Å². The van der Waals surface area contributed by atoms with Crippen LogP contribution in [0.5, 0.6) is 0 Å². The van der Waals surface area contributed by atoms with Crippen LogP contribution in [0.4, 0.5) is 0 Å². The van der Waals surface area contributed by atoms with Crippen molar-refractivity contribution in [1.82, 2.24) is 4.90 Å². The highest BCUT2D eigenvalue weighted by Crippen LogP contribution is 2.12. The normalized spacial score (nSPS) is 11.7. The predicted octanol–water partition coefficient (Wildman–Crippen LogP) is 2.17. The van der Waals surface area contributed by atoms with Crippen molar-refractivity contribution in [3.05, 3.63) is 48.0 Å². The van der Waals surface area contributed by atoms with Crippen molar-refractivity contribution in [2.24, 2.45) is 5.92 Å². The summed E-state index contributed by atoms with van der Waals surface area (Å²) in [7, 11) is 4.00. The molecule has 0 amide bonds. The van der Waals surface area contributed by atoms with E-state index in [1.807, 2.05) is 44.4 Å². The number of hydrogen-bond acceptors (Lipinski definition) is 4. The number of carbonyl (C=O) groups is 3. The van der Waals surface area contributed by atoms with Gasteiger partial charge in [0.15, 0.2) is 5.78 Å². The van der Waals surface area contributed by atoms with Gasteiger partial charge in [-0.25, -0.2) is 9.59 Å². The molecule has 0 spiro atoms. The van der Waals surface area contributed by atoms with E-state index >= 15 is 0 Å². The number of carboxylic acids is 2. The van der Waals surface area contributed by atoms with E-state index in [0.29, 0.717) is 12.2 Å². The van der Waals surface area contributed by atoms with E-state index < -0.39 is 11.9 Å². The first-order chi connectivity index (χ1) is 10.8. The Kier molecular flexibility index (Phi) is 9.95. The third kappa shape index (κ3) is 9.97. The summed E-state index contributed by atoms with van der Waals surface area (Å²) in [5.74, 6) is -2.14. The Morgan fingerprint density at radius 1 is 1.04 bits per heavy atom. The van der Waals surface area contributed by atoms with Gasteiger partial charge in [-0.2, -0.15) is 0 Å². The summed E-state index contributed by atoms with van der Waals surface area (Å²) >= 11 is 0. The van der Waals surface area contributed by atoms with E-state index in [4.69, 9.17) is 10.2 Å². The molecule has 6 nitrogen and oxygen atoms in total. The maximum atomic E-state index is 12.1. The summed E-state index contributed by atoms with van der Waals surface area (Å²) in [6.45, 7) is 2.89. The Morgan fingerprint density at radius 3 is 1.87 bits per heavy atom. The van der Waals surface area contributed by atoms with Crippen LogP contribution in [0.25, 0.3) is 0 Å². The topological polar surface area (TPSA) is 94.9 Å². The van der Waals surface area contributed by atoms with Gasteiger partial charge in [0.1, 0.15) is 0 Å². The molecule has 1 aromatic rings. The van der Waals surface area contributed by atoms with E-state index in [0.717, 1.165) is 18.5 Å². The number of ketones is 1. The predicted molar refractivity (Wildman–Crippen MR) is 87.5 cm³/mol. The number of nitrogens with zero attached hydrogens (tertiary/aromatic N) is 1. The van der Waals surface area contributed by atoms with Crippen LogP contribution in [0.15, 0.2) is 42.5 Å². The zero-order chi connectivity index (χ0) is 17.8. The van der Waals surface area contributed by atoms with Gasteiger partial charge in [-0.3, -0.25) is 4.79 Å². The summed E-state index contributed by atoms with van der Waals surface area (Å²) < 4.78 is 0. The van der Waals surface area contributed by atoms with Crippen LogP contribution in [0.2, 0.25) is 0 Å². The third-order valence-electron chi connectivity index (χ3n) is 2.88. The molecular formula is C17H23NO5. The highest BCUT2D eigenvalue weighted by Gasteiger charge is 2.18. The number of benzene rings is 1. The second-order valence-corrected chi connectivity index (χ2v) is 5.11. The SMILES string of the molecule is CCC(CN(C)C)C(=O)c1ccccc1.O=C(O)/C=C\C(=O)O. The molecule has 0 fully saturated rings. The first-order valence-electron chi connectivity index (χ1n) is 7.15. The van der Waals surface area contributed by atoms with E-state index in [9.17, 15) is 14.4 Å². The van der Waals surface area contributed by atoms with Crippen molar-refractivity contribution in [1.29, 1.82) is 0 Å². The van der Waals surface area contributed by atoms with E-state index in [-0.39, 0.29) is 11.7 Å². The molecule has 0 aliphatic heterocycles. The lowest BCUT2D eigenvalue weighted by molar-refractivity contribution is -0.134. The fraction of sp³-hybridized carbons (Fsp3) is 0.353. The molecule has 1 atom stereocenters. The summed E-state index contributed by atoms with van der Waals surface area (Å²) in [5.41, 5.74) is 0.825. The standard InChI is InChI=1S/C13H19NO.C4H4O4/c1-4-11(10-14(2)3)13(15)12-8-6-5-7-9-12;5-3(6)1-2-4(7)8/h5-9,11H,4,10H2,1-3H3;1-2H,(H,5,6)(H,7,8)/b;2-1-. The minimum atomic E-state index is -1.26. The summed E-state index contributed by atoms with van der Waals surface area (Å²) in [6, 6.07) is 9.54. The van der Waals surface area contributed by atoms with Crippen molar-refractivity contribution in [3.8, 4) is 0 Å². The molecule has 6 heteroatoms. The molecule has 0 radical (unpaired) electrons. The van der Waals surface area contributed by atoms with Gasteiger partial charge < -0.3 is 15.1 Å². The van der Waals surface area contributed by atoms with Gasteiger partial charge in [-0.1, -0.05) is 37.3 Å². The van der Waals surface area contributed by atoms with Crippen LogP contribution in [0.1, 0.15) is 23.7 Å². The van der Waals surface area contributed by atoms with Crippen LogP contribution in [-0.2, 0) is 9.59 Å². The average molecular weight is 321 g/mol. The van der Waals surface area contributed by atoms with Gasteiger partial charge in [-0.15, -0.1) is 0 Å². The Hall–Kier alpha value is -2.47. The lowest BCUT2D eigenvalue weighted by atomic mass is 9.95. The minimum Gasteiger partial charge on any atom is -0.478 e. The lowest BCUT2D eigenvalue weighted by Gasteiger charge is -2.18. The average Bonchev–Trinajstić information content (AvgIpc) is 2.51. The molecule has 1 rings (SSSR count). The molecule has 2 N–H and O–H groups in total. The fourth-order valence-corrected chi connectivity index (χ4v) is 1.82. The van der Waals surface area contributed by atoms with Gasteiger partial charge in [-0.05, 0) is 20.5 Å². The number of aliphatic carboxylic acids is 2. The van der Waals surface area contributed by atoms with E-state index in [1.54, 1.807) is 0 Å². The smallest absolute Gasteiger partial charge is 0.328 e. The zero-order valence-corrected chi connectivity index (χ0v) is 13.6. The molecule has 0 saturated heterocycles. The maximum absolute atomic E-state index is 12.1. The number of Topliss-reactive ketones (excluding diaryl/α,β-unsaturated/α-hetero) is 1. The first kappa shape index (κ1) is 20.5. The summed E-state index contributed by atoms with van der Waals surface area (Å²) in [6.07, 6.45) is 2.01. The van der Waals surface area contributed by atoms with Crippen molar-refractivity contribution < 1.29 is 24.6 Å². The van der Waals surface area contributed by atoms with Crippen molar-refractivity contribution >= 4 is 17.7 Å². The van der Waals surface area contributed by atoms with Crippen molar-refractivity contribution in [2.45, 2.75) is 13.3 Å². The highest BCUT2D eigenvalue weighted by molar-refractivity contribution is 5.97. The van der Waals surface area contributed by atoms with Crippen LogP contribution < -0.4 is 0 Å². The molecule has 0 aliphatic carbocycles. The number of hydrogen-bond donors (Lipinski definition) is 2. The molecule has 23 heavy (non-hydrogen) atoms. The van der Waals surface area contributed by atoms with Crippen LogP contribution in [-0.4, -0.2) is 53.5 Å². The van der Waals surface area contributed by atoms with Crippen molar-refractivity contribution in [3.63, 3.8) is 0 Å². The van der Waals surface area contributed by atoms with Gasteiger partial charge in [0.25, 0.3) is 0 Å².